The molecule has 1 N–H and O–H groups in total. The van der Waals surface area contributed by atoms with E-state index < -0.39 is 0 Å². The highest BCUT2D eigenvalue weighted by molar-refractivity contribution is 7.18. The summed E-state index contributed by atoms with van der Waals surface area (Å²) in [6.07, 6.45) is 1.72. The van der Waals surface area contributed by atoms with Gasteiger partial charge in [0.1, 0.15) is 16.5 Å². The number of thiophene rings is 1. The van der Waals surface area contributed by atoms with Gasteiger partial charge in [-0.25, -0.2) is 15.0 Å². The zero-order valence-corrected chi connectivity index (χ0v) is 13.4. The smallest absolute Gasteiger partial charge is 0.138 e. The van der Waals surface area contributed by atoms with Crippen LogP contribution in [0.2, 0.25) is 0 Å². The van der Waals surface area contributed by atoms with Crippen molar-refractivity contribution in [3.05, 3.63) is 32.8 Å². The number of hydrogen-bond acceptors (Lipinski definition) is 6. The Kier molecular flexibility index (Phi) is 3.67. The number of hydrogen-bond donors (Lipinski definition) is 1. The monoisotopic (exact) mass is 304 g/mol. The lowest BCUT2D eigenvalue weighted by Gasteiger charge is -2.04. The molecule has 3 aromatic heterocycles. The lowest BCUT2D eigenvalue weighted by molar-refractivity contribution is 0.963. The highest BCUT2D eigenvalue weighted by Gasteiger charge is 2.11. The Bertz CT molecular complexity index is 745. The molecule has 20 heavy (non-hydrogen) atoms. The summed E-state index contributed by atoms with van der Waals surface area (Å²) in [7, 11) is 1.90. The van der Waals surface area contributed by atoms with Gasteiger partial charge in [0.2, 0.25) is 0 Å². The summed E-state index contributed by atoms with van der Waals surface area (Å²) in [6, 6.07) is 2.18. The second-order valence-corrected chi connectivity index (χ2v) is 6.74. The third kappa shape index (κ3) is 2.53. The van der Waals surface area contributed by atoms with E-state index in [0.717, 1.165) is 39.0 Å². The molecule has 0 amide bonds. The van der Waals surface area contributed by atoms with Crippen LogP contribution in [0.3, 0.4) is 0 Å². The van der Waals surface area contributed by atoms with E-state index in [1.54, 1.807) is 22.7 Å². The molecule has 0 aliphatic heterocycles. The van der Waals surface area contributed by atoms with Crippen molar-refractivity contribution in [3.8, 4) is 0 Å². The summed E-state index contributed by atoms with van der Waals surface area (Å²) in [5.41, 5.74) is 1.04. The SMILES string of the molecule is CCc1cc2c(NC)nc(Cc3csc(C)n3)nc2s1. The first-order valence-electron chi connectivity index (χ1n) is 6.57. The molecule has 104 valence electrons. The highest BCUT2D eigenvalue weighted by atomic mass is 32.1. The minimum Gasteiger partial charge on any atom is -0.372 e. The van der Waals surface area contributed by atoms with Gasteiger partial charge in [0.05, 0.1) is 22.5 Å². The van der Waals surface area contributed by atoms with Crippen LogP contribution in [0.25, 0.3) is 10.2 Å². The molecule has 3 heterocycles. The third-order valence-corrected chi connectivity index (χ3v) is 5.08. The largest absolute Gasteiger partial charge is 0.372 e. The van der Waals surface area contributed by atoms with Crippen LogP contribution in [-0.2, 0) is 12.8 Å². The standard InChI is InChI=1S/C14H16N4S2/c1-4-10-6-11-13(15-3)17-12(18-14(11)20-10)5-9-7-19-8(2)16-9/h6-7H,4-5H2,1-3H3,(H,15,17,18). The van der Waals surface area contributed by atoms with Gasteiger partial charge in [0.25, 0.3) is 0 Å². The predicted octanol–water partition coefficient (Wildman–Crippen LogP) is 3.65. The van der Waals surface area contributed by atoms with Gasteiger partial charge in [-0.15, -0.1) is 22.7 Å². The number of aromatic nitrogens is 3. The fraction of sp³-hybridized carbons (Fsp3) is 0.357. The highest BCUT2D eigenvalue weighted by Crippen LogP contribution is 2.29. The molecule has 0 unspecified atom stereocenters. The van der Waals surface area contributed by atoms with Crippen LogP contribution in [0.15, 0.2) is 11.4 Å². The number of nitrogens with one attached hydrogen (secondary N) is 1. The Hall–Kier alpha value is -1.53. The number of fused-ring (bicyclic) bond motifs is 1. The summed E-state index contributed by atoms with van der Waals surface area (Å²) in [4.78, 5) is 16.2. The average molecular weight is 304 g/mol. The normalized spacial score (nSPS) is 11.2. The molecule has 0 aliphatic rings. The van der Waals surface area contributed by atoms with E-state index in [2.05, 4.69) is 38.6 Å². The first-order valence-corrected chi connectivity index (χ1v) is 8.27. The average Bonchev–Trinajstić information content (AvgIpc) is 3.03. The summed E-state index contributed by atoms with van der Waals surface area (Å²) >= 11 is 3.41. The number of nitrogens with zero attached hydrogens (tertiary/aromatic N) is 3. The van der Waals surface area contributed by atoms with E-state index in [1.807, 2.05) is 14.0 Å². The Morgan fingerprint density at radius 1 is 1.25 bits per heavy atom. The number of anilines is 1. The molecule has 0 saturated heterocycles. The van der Waals surface area contributed by atoms with Crippen molar-refractivity contribution in [1.82, 2.24) is 15.0 Å². The summed E-state index contributed by atoms with van der Waals surface area (Å²) in [6.45, 7) is 4.18. The second kappa shape index (κ2) is 5.46. The first kappa shape index (κ1) is 13.5. The zero-order valence-electron chi connectivity index (χ0n) is 11.7. The van der Waals surface area contributed by atoms with Crippen molar-refractivity contribution in [2.24, 2.45) is 0 Å². The number of thiazole rings is 1. The summed E-state index contributed by atoms with van der Waals surface area (Å²) < 4.78 is 0. The first-order chi connectivity index (χ1) is 9.69. The molecule has 0 aromatic carbocycles. The van der Waals surface area contributed by atoms with Crippen LogP contribution < -0.4 is 5.32 Å². The molecular formula is C14H16N4S2. The zero-order chi connectivity index (χ0) is 14.1. The fourth-order valence-corrected chi connectivity index (χ4v) is 3.71. The van der Waals surface area contributed by atoms with Crippen LogP contribution in [0.5, 0.6) is 0 Å². The Morgan fingerprint density at radius 3 is 2.75 bits per heavy atom. The van der Waals surface area contributed by atoms with Crippen molar-refractivity contribution in [1.29, 1.82) is 0 Å². The van der Waals surface area contributed by atoms with Crippen LogP contribution in [0.4, 0.5) is 5.82 Å². The quantitative estimate of drug-likeness (QED) is 0.799. The minimum atomic E-state index is 0.689. The van der Waals surface area contributed by atoms with Crippen molar-refractivity contribution >= 4 is 38.7 Å². The maximum atomic E-state index is 4.69. The number of rotatable bonds is 4. The van der Waals surface area contributed by atoms with Crippen molar-refractivity contribution in [2.75, 3.05) is 12.4 Å². The van der Waals surface area contributed by atoms with E-state index in [1.165, 1.54) is 4.88 Å². The molecule has 0 fully saturated rings. The molecule has 3 aromatic rings. The van der Waals surface area contributed by atoms with Gasteiger partial charge >= 0.3 is 0 Å². The minimum absolute atomic E-state index is 0.689. The van der Waals surface area contributed by atoms with Crippen LogP contribution in [0, 0.1) is 6.92 Å². The molecule has 0 radical (unpaired) electrons. The Labute approximate surface area is 125 Å². The van der Waals surface area contributed by atoms with E-state index in [0.29, 0.717) is 6.42 Å². The van der Waals surface area contributed by atoms with Gasteiger partial charge in [-0.2, -0.15) is 0 Å². The summed E-state index contributed by atoms with van der Waals surface area (Å²) in [5, 5.41) is 7.45. The second-order valence-electron chi connectivity index (χ2n) is 4.56. The van der Waals surface area contributed by atoms with Gasteiger partial charge in [0.15, 0.2) is 0 Å². The third-order valence-electron chi connectivity index (χ3n) is 3.08. The lowest BCUT2D eigenvalue weighted by atomic mass is 10.3. The van der Waals surface area contributed by atoms with Crippen molar-refractivity contribution in [2.45, 2.75) is 26.7 Å². The van der Waals surface area contributed by atoms with E-state index in [4.69, 9.17) is 0 Å². The molecule has 0 bridgehead atoms. The van der Waals surface area contributed by atoms with Crippen LogP contribution in [-0.4, -0.2) is 22.0 Å². The topological polar surface area (TPSA) is 50.7 Å². The van der Waals surface area contributed by atoms with Crippen LogP contribution in [0.1, 0.15) is 28.3 Å². The van der Waals surface area contributed by atoms with E-state index >= 15 is 0 Å². The molecular weight excluding hydrogens is 288 g/mol. The molecule has 6 heteroatoms. The van der Waals surface area contributed by atoms with Crippen molar-refractivity contribution in [3.63, 3.8) is 0 Å². The molecule has 4 nitrogen and oxygen atoms in total. The molecule has 3 rings (SSSR count). The van der Waals surface area contributed by atoms with Gasteiger partial charge < -0.3 is 5.32 Å². The van der Waals surface area contributed by atoms with Crippen LogP contribution >= 0.6 is 22.7 Å². The molecule has 0 saturated carbocycles. The molecule has 0 aliphatic carbocycles. The maximum absolute atomic E-state index is 4.69. The van der Waals surface area contributed by atoms with E-state index in [9.17, 15) is 0 Å². The van der Waals surface area contributed by atoms with Gasteiger partial charge in [-0.1, -0.05) is 6.92 Å². The van der Waals surface area contributed by atoms with E-state index in [-0.39, 0.29) is 0 Å². The molecule has 0 atom stereocenters. The Balaban J connectivity index is 2.02. The van der Waals surface area contributed by atoms with Gasteiger partial charge in [-0.05, 0) is 19.4 Å². The summed E-state index contributed by atoms with van der Waals surface area (Å²) in [5.74, 6) is 1.74. The predicted molar refractivity (Wildman–Crippen MR) is 86.0 cm³/mol. The fourth-order valence-electron chi connectivity index (χ4n) is 2.11. The lowest BCUT2D eigenvalue weighted by Crippen LogP contribution is -2.01. The maximum Gasteiger partial charge on any atom is 0.138 e. The van der Waals surface area contributed by atoms with Gasteiger partial charge in [-0.3, -0.25) is 0 Å². The Morgan fingerprint density at radius 2 is 2.10 bits per heavy atom. The number of aryl methyl sites for hydroxylation is 2. The van der Waals surface area contributed by atoms with Crippen molar-refractivity contribution < 1.29 is 0 Å². The van der Waals surface area contributed by atoms with Gasteiger partial charge in [0, 0.05) is 17.3 Å². The molecule has 0 spiro atoms.